The van der Waals surface area contributed by atoms with E-state index in [1.165, 1.54) is 34.4 Å². The summed E-state index contributed by atoms with van der Waals surface area (Å²) < 4.78 is 57.5. The molecule has 1 aliphatic rings. The third-order valence-electron chi connectivity index (χ3n) is 6.84. The number of aromatic nitrogens is 1. The van der Waals surface area contributed by atoms with Crippen molar-refractivity contribution in [2.24, 2.45) is 5.92 Å². The number of aliphatic hydroxyl groups excluding tert-OH is 1. The van der Waals surface area contributed by atoms with E-state index in [-0.39, 0.29) is 31.6 Å². The van der Waals surface area contributed by atoms with Gasteiger partial charge in [-0.3, -0.25) is 14.8 Å². The minimum atomic E-state index is -3.90. The maximum absolute atomic E-state index is 14.5. The van der Waals surface area contributed by atoms with Crippen molar-refractivity contribution in [3.05, 3.63) is 52.9 Å². The fourth-order valence-corrected chi connectivity index (χ4v) is 5.00. The van der Waals surface area contributed by atoms with Crippen molar-refractivity contribution in [3.63, 3.8) is 0 Å². The Balaban J connectivity index is 1.70. The fourth-order valence-electron chi connectivity index (χ4n) is 4.16. The molecule has 0 unspecified atom stereocenters. The zero-order valence-corrected chi connectivity index (χ0v) is 20.8. The Labute approximate surface area is 207 Å². The molecule has 2 aromatic rings. The third kappa shape index (κ3) is 6.11. The minimum absolute atomic E-state index is 0.0227. The number of hydroxylamine groups is 1. The lowest BCUT2D eigenvalue weighted by Gasteiger charge is -2.31. The first-order valence-electron chi connectivity index (χ1n) is 11.5. The second-order valence-corrected chi connectivity index (χ2v) is 11.8. The standard InChI is InChI=1S/C24H30F2N2O7S/c1-23(22(31)27-32,36(2,33)34)12-14-28-13-11-17(15-21(28)30)16-3-9-20(10-4-16)35-24(25,26)18-5-7-19(29)8-6-18/h3-4,9-11,13,15,18-19,29,32H,5-8,12,14H2,1-2H3,(H,27,31)/t18-,19-,23-/m1/s1. The summed E-state index contributed by atoms with van der Waals surface area (Å²) in [5, 5.41) is 18.4. The minimum Gasteiger partial charge on any atom is -0.432 e. The molecule has 0 spiro atoms. The highest BCUT2D eigenvalue weighted by atomic mass is 32.2. The van der Waals surface area contributed by atoms with Crippen LogP contribution >= 0.6 is 0 Å². The summed E-state index contributed by atoms with van der Waals surface area (Å²) in [6, 6.07) is 8.77. The van der Waals surface area contributed by atoms with Gasteiger partial charge in [-0.2, -0.15) is 8.78 Å². The molecule has 1 amide bonds. The number of rotatable bonds is 9. The summed E-state index contributed by atoms with van der Waals surface area (Å²) in [4.78, 5) is 24.5. The van der Waals surface area contributed by atoms with Crippen LogP contribution in [0, 0.1) is 5.92 Å². The fraction of sp³-hybridized carbons (Fsp3) is 0.500. The molecule has 9 nitrogen and oxygen atoms in total. The number of carbonyl (C=O) groups excluding carboxylic acids is 1. The zero-order chi connectivity index (χ0) is 26.7. The summed E-state index contributed by atoms with van der Waals surface area (Å²) in [5.41, 5.74) is 1.99. The number of amides is 1. The Morgan fingerprint density at radius 1 is 1.14 bits per heavy atom. The van der Waals surface area contributed by atoms with Crippen LogP contribution in [0.15, 0.2) is 47.4 Å². The van der Waals surface area contributed by atoms with Gasteiger partial charge in [-0.25, -0.2) is 13.9 Å². The highest BCUT2D eigenvalue weighted by molar-refractivity contribution is 7.92. The van der Waals surface area contributed by atoms with Crippen LogP contribution in [0.4, 0.5) is 8.78 Å². The number of alkyl halides is 2. The predicted molar refractivity (Wildman–Crippen MR) is 127 cm³/mol. The first-order valence-corrected chi connectivity index (χ1v) is 13.4. The molecule has 198 valence electrons. The first kappa shape index (κ1) is 27.8. The van der Waals surface area contributed by atoms with Crippen LogP contribution in [0.2, 0.25) is 0 Å². The molecular weight excluding hydrogens is 498 g/mol. The third-order valence-corrected chi connectivity index (χ3v) is 8.87. The van der Waals surface area contributed by atoms with Crippen LogP contribution in [0.25, 0.3) is 11.1 Å². The van der Waals surface area contributed by atoms with Crippen LogP contribution in [0.1, 0.15) is 39.0 Å². The molecule has 1 atom stereocenters. The maximum atomic E-state index is 14.5. The molecule has 1 saturated carbocycles. The number of carbonyl (C=O) groups is 1. The van der Waals surface area contributed by atoms with E-state index in [1.807, 2.05) is 0 Å². The highest BCUT2D eigenvalue weighted by Crippen LogP contribution is 2.38. The SMILES string of the molecule is C[C@@](CCn1ccc(-c2ccc(OC(F)(F)[C@H]3CC[C@H](O)CC3)cc2)cc1=O)(C(=O)NO)S(C)(=O)=O. The first-order chi connectivity index (χ1) is 16.8. The summed E-state index contributed by atoms with van der Waals surface area (Å²) in [6.45, 7) is 1.06. The Morgan fingerprint density at radius 2 is 1.75 bits per heavy atom. The Morgan fingerprint density at radius 3 is 2.28 bits per heavy atom. The van der Waals surface area contributed by atoms with E-state index < -0.39 is 44.2 Å². The molecule has 3 N–H and O–H groups in total. The number of aryl methyl sites for hydroxylation is 1. The van der Waals surface area contributed by atoms with Gasteiger partial charge in [-0.05, 0) is 68.4 Å². The van der Waals surface area contributed by atoms with Gasteiger partial charge in [0.1, 0.15) is 5.75 Å². The quantitative estimate of drug-likeness (QED) is 0.336. The highest BCUT2D eigenvalue weighted by Gasteiger charge is 2.44. The van der Waals surface area contributed by atoms with Gasteiger partial charge in [0, 0.05) is 25.1 Å². The molecule has 3 rings (SSSR count). The van der Waals surface area contributed by atoms with E-state index in [4.69, 9.17) is 9.94 Å². The van der Waals surface area contributed by atoms with Gasteiger partial charge < -0.3 is 14.4 Å². The smallest absolute Gasteiger partial charge is 0.400 e. The Kier molecular flexibility index (Phi) is 8.21. The van der Waals surface area contributed by atoms with Gasteiger partial charge in [-0.15, -0.1) is 0 Å². The molecule has 1 aromatic heterocycles. The lowest BCUT2D eigenvalue weighted by atomic mass is 9.86. The monoisotopic (exact) mass is 528 g/mol. The number of pyridine rings is 1. The van der Waals surface area contributed by atoms with E-state index in [0.717, 1.165) is 13.2 Å². The van der Waals surface area contributed by atoms with Crippen molar-refractivity contribution in [1.82, 2.24) is 10.0 Å². The van der Waals surface area contributed by atoms with Crippen molar-refractivity contribution < 1.29 is 37.0 Å². The van der Waals surface area contributed by atoms with Gasteiger partial charge >= 0.3 is 6.11 Å². The molecule has 1 aliphatic carbocycles. The van der Waals surface area contributed by atoms with E-state index >= 15 is 0 Å². The van der Waals surface area contributed by atoms with Crippen LogP contribution < -0.4 is 15.8 Å². The van der Waals surface area contributed by atoms with E-state index in [0.29, 0.717) is 24.0 Å². The van der Waals surface area contributed by atoms with Crippen molar-refractivity contribution >= 4 is 15.7 Å². The lowest BCUT2D eigenvalue weighted by molar-refractivity contribution is -0.224. The number of hydrogen-bond donors (Lipinski definition) is 3. The molecule has 1 fully saturated rings. The summed E-state index contributed by atoms with van der Waals surface area (Å²) in [7, 11) is -3.90. The average Bonchev–Trinajstić information content (AvgIpc) is 2.82. The number of aliphatic hydroxyl groups is 1. The van der Waals surface area contributed by atoms with Crippen LogP contribution in [0.3, 0.4) is 0 Å². The summed E-state index contributed by atoms with van der Waals surface area (Å²) in [5.74, 6) is -2.09. The second-order valence-electron chi connectivity index (χ2n) is 9.33. The Bertz CT molecular complexity index is 1240. The van der Waals surface area contributed by atoms with Crippen molar-refractivity contribution in [2.45, 2.75) is 62.5 Å². The molecule has 1 heterocycles. The number of sulfone groups is 1. The predicted octanol–water partition coefficient (Wildman–Crippen LogP) is 2.74. The number of halogens is 2. The number of benzene rings is 1. The topological polar surface area (TPSA) is 135 Å². The molecule has 0 bridgehead atoms. The Hall–Kier alpha value is -2.83. The molecule has 0 aliphatic heterocycles. The molecule has 1 aromatic carbocycles. The largest absolute Gasteiger partial charge is 0.432 e. The number of hydrogen-bond acceptors (Lipinski definition) is 7. The van der Waals surface area contributed by atoms with Crippen molar-refractivity contribution in [1.29, 1.82) is 0 Å². The number of nitrogens with one attached hydrogen (secondary N) is 1. The van der Waals surface area contributed by atoms with Crippen LogP contribution in [-0.4, -0.2) is 52.4 Å². The number of nitrogens with zero attached hydrogens (tertiary/aromatic N) is 1. The van der Waals surface area contributed by atoms with Gasteiger partial charge in [0.25, 0.3) is 11.5 Å². The van der Waals surface area contributed by atoms with Crippen molar-refractivity contribution in [3.8, 4) is 16.9 Å². The molecule has 12 heteroatoms. The molecule has 36 heavy (non-hydrogen) atoms. The van der Waals surface area contributed by atoms with E-state index in [1.54, 1.807) is 18.2 Å². The second kappa shape index (κ2) is 10.7. The average molecular weight is 529 g/mol. The molecule has 0 radical (unpaired) electrons. The van der Waals surface area contributed by atoms with Gasteiger partial charge in [-0.1, -0.05) is 12.1 Å². The van der Waals surface area contributed by atoms with E-state index in [9.17, 15) is 31.9 Å². The lowest BCUT2D eigenvalue weighted by Crippen LogP contribution is -2.49. The molecule has 0 saturated heterocycles. The van der Waals surface area contributed by atoms with Crippen molar-refractivity contribution in [2.75, 3.05) is 6.26 Å². The van der Waals surface area contributed by atoms with Gasteiger partial charge in [0.15, 0.2) is 14.6 Å². The number of ether oxygens (including phenoxy) is 1. The van der Waals surface area contributed by atoms with Gasteiger partial charge in [0.2, 0.25) is 0 Å². The maximum Gasteiger partial charge on any atom is 0.400 e. The van der Waals surface area contributed by atoms with E-state index in [2.05, 4.69) is 0 Å². The molecular formula is C24H30F2N2O7S. The normalized spacial score (nSPS) is 20.4. The van der Waals surface area contributed by atoms with Gasteiger partial charge in [0.05, 0.1) is 12.0 Å². The summed E-state index contributed by atoms with van der Waals surface area (Å²) in [6.07, 6.45) is -0.868. The van der Waals surface area contributed by atoms with Crippen LogP contribution in [0.5, 0.6) is 5.75 Å². The van der Waals surface area contributed by atoms with Crippen LogP contribution in [-0.2, 0) is 21.2 Å². The zero-order valence-electron chi connectivity index (χ0n) is 20.0. The summed E-state index contributed by atoms with van der Waals surface area (Å²) >= 11 is 0.